The summed E-state index contributed by atoms with van der Waals surface area (Å²) in [5.41, 5.74) is -0.862. The normalized spacial score (nSPS) is 19.5. The minimum absolute atomic E-state index is 0.113. The number of thiophene rings is 1. The molecule has 0 amide bonds. The van der Waals surface area contributed by atoms with Gasteiger partial charge in [-0.2, -0.15) is 0 Å². The van der Waals surface area contributed by atoms with Crippen molar-refractivity contribution in [3.05, 3.63) is 22.4 Å². The minimum Gasteiger partial charge on any atom is -0.453 e. The molecule has 1 fully saturated rings. The zero-order chi connectivity index (χ0) is 13.2. The third-order valence-electron chi connectivity index (χ3n) is 3.28. The maximum absolute atomic E-state index is 12.2. The van der Waals surface area contributed by atoms with E-state index in [4.69, 9.17) is 4.74 Å². The molecule has 0 atom stereocenters. The van der Waals surface area contributed by atoms with Crippen LogP contribution in [0.5, 0.6) is 0 Å². The summed E-state index contributed by atoms with van der Waals surface area (Å²) in [5, 5.41) is 5.37. The molecule has 2 rings (SSSR count). The number of nitrogens with one attached hydrogen (secondary N) is 1. The summed E-state index contributed by atoms with van der Waals surface area (Å²) < 4.78 is 5.92. The molecule has 1 aromatic rings. The predicted molar refractivity (Wildman–Crippen MR) is 73.6 cm³/mol. The van der Waals surface area contributed by atoms with E-state index in [1.807, 2.05) is 32.2 Å². The zero-order valence-corrected chi connectivity index (χ0v) is 12.1. The highest BCUT2D eigenvalue weighted by Crippen LogP contribution is 2.39. The Hall–Kier alpha value is -0.870. The van der Waals surface area contributed by atoms with E-state index in [2.05, 4.69) is 11.4 Å². The van der Waals surface area contributed by atoms with Crippen molar-refractivity contribution >= 4 is 17.3 Å². The number of rotatable bonds is 2. The van der Waals surface area contributed by atoms with Crippen molar-refractivity contribution in [2.45, 2.75) is 39.2 Å². The Kier molecular flexibility index (Phi) is 3.78. The lowest BCUT2D eigenvalue weighted by Crippen LogP contribution is -2.44. The van der Waals surface area contributed by atoms with Crippen LogP contribution in [0.2, 0.25) is 0 Å². The predicted octanol–water partition coefficient (Wildman–Crippen LogP) is 2.92. The number of esters is 1. The van der Waals surface area contributed by atoms with Gasteiger partial charge in [-0.25, -0.2) is 0 Å². The number of hydrogen-bond donors (Lipinski definition) is 1. The third kappa shape index (κ3) is 2.75. The summed E-state index contributed by atoms with van der Waals surface area (Å²) >= 11 is 1.68. The van der Waals surface area contributed by atoms with Gasteiger partial charge in [-0.15, -0.1) is 11.3 Å². The fraction of sp³-hybridized carbons (Fsp3) is 0.643. The van der Waals surface area contributed by atoms with Crippen molar-refractivity contribution in [2.75, 3.05) is 13.1 Å². The van der Waals surface area contributed by atoms with Gasteiger partial charge in [0.25, 0.3) is 0 Å². The lowest BCUT2D eigenvalue weighted by atomic mass is 9.89. The van der Waals surface area contributed by atoms with E-state index in [0.717, 1.165) is 25.9 Å². The molecule has 3 nitrogen and oxygen atoms in total. The Morgan fingerprint density at radius 2 is 2.06 bits per heavy atom. The Bertz CT molecular complexity index is 400. The van der Waals surface area contributed by atoms with Crippen molar-refractivity contribution < 1.29 is 9.53 Å². The first kappa shape index (κ1) is 13.6. The number of piperidine rings is 1. The number of hydrogen-bond acceptors (Lipinski definition) is 4. The summed E-state index contributed by atoms with van der Waals surface area (Å²) in [7, 11) is 0. The van der Waals surface area contributed by atoms with Gasteiger partial charge in [-0.1, -0.05) is 6.07 Å². The van der Waals surface area contributed by atoms with Crippen LogP contribution in [0.4, 0.5) is 0 Å². The molecule has 1 aromatic heterocycles. The average Bonchev–Trinajstić information content (AvgIpc) is 2.83. The Balaban J connectivity index is 2.23. The van der Waals surface area contributed by atoms with Crippen LogP contribution < -0.4 is 5.32 Å². The molecule has 1 N–H and O–H groups in total. The number of ether oxygens (including phenoxy) is 1. The van der Waals surface area contributed by atoms with Crippen molar-refractivity contribution in [3.8, 4) is 0 Å². The first-order chi connectivity index (χ1) is 8.44. The van der Waals surface area contributed by atoms with E-state index in [0.29, 0.717) is 0 Å². The van der Waals surface area contributed by atoms with E-state index in [1.165, 1.54) is 4.88 Å². The van der Waals surface area contributed by atoms with Gasteiger partial charge in [0.15, 0.2) is 0 Å². The fourth-order valence-corrected chi connectivity index (χ4v) is 3.02. The second kappa shape index (κ2) is 5.02. The van der Waals surface area contributed by atoms with E-state index >= 15 is 0 Å². The summed E-state index contributed by atoms with van der Waals surface area (Å²) in [6.45, 7) is 7.50. The Morgan fingerprint density at radius 3 is 2.56 bits per heavy atom. The van der Waals surface area contributed by atoms with Gasteiger partial charge >= 0.3 is 5.97 Å². The topological polar surface area (TPSA) is 38.3 Å². The van der Waals surface area contributed by atoms with E-state index < -0.39 is 11.0 Å². The largest absolute Gasteiger partial charge is 0.453 e. The van der Waals surface area contributed by atoms with Gasteiger partial charge in [-0.3, -0.25) is 4.79 Å². The first-order valence-corrected chi connectivity index (χ1v) is 7.30. The molecule has 0 aromatic carbocycles. The second-order valence-corrected chi connectivity index (χ2v) is 6.81. The highest BCUT2D eigenvalue weighted by Gasteiger charge is 2.41. The molecule has 18 heavy (non-hydrogen) atoms. The molecule has 4 heteroatoms. The summed E-state index contributed by atoms with van der Waals surface area (Å²) in [4.78, 5) is 13.4. The molecular weight excluding hydrogens is 246 g/mol. The van der Waals surface area contributed by atoms with Crippen LogP contribution in [0.25, 0.3) is 0 Å². The summed E-state index contributed by atoms with van der Waals surface area (Å²) in [6, 6.07) is 4.10. The highest BCUT2D eigenvalue weighted by molar-refractivity contribution is 7.10. The van der Waals surface area contributed by atoms with Crippen LogP contribution in [-0.4, -0.2) is 19.1 Å². The lowest BCUT2D eigenvalue weighted by Gasteiger charge is -2.38. The molecule has 0 bridgehead atoms. The van der Waals surface area contributed by atoms with Crippen molar-refractivity contribution in [1.29, 1.82) is 0 Å². The molecule has 2 heterocycles. The van der Waals surface area contributed by atoms with Gasteiger partial charge in [0.1, 0.15) is 5.60 Å². The Labute approximate surface area is 113 Å². The Morgan fingerprint density at radius 1 is 1.39 bits per heavy atom. The molecular formula is C14H21NO2S. The van der Waals surface area contributed by atoms with Crippen LogP contribution in [-0.2, 0) is 15.1 Å². The molecule has 0 saturated carbocycles. The molecule has 1 aliphatic heterocycles. The molecule has 0 spiro atoms. The average molecular weight is 267 g/mol. The molecule has 0 radical (unpaired) electrons. The van der Waals surface area contributed by atoms with Gasteiger partial charge in [-0.05, 0) is 45.3 Å². The van der Waals surface area contributed by atoms with Crippen LogP contribution in [0, 0.1) is 5.41 Å². The first-order valence-electron chi connectivity index (χ1n) is 6.42. The van der Waals surface area contributed by atoms with Gasteiger partial charge < -0.3 is 10.1 Å². The second-order valence-electron chi connectivity index (χ2n) is 5.86. The van der Waals surface area contributed by atoms with Gasteiger partial charge in [0.05, 0.1) is 5.41 Å². The zero-order valence-electron chi connectivity index (χ0n) is 11.3. The minimum atomic E-state index is -0.449. The highest BCUT2D eigenvalue weighted by atomic mass is 32.1. The van der Waals surface area contributed by atoms with Crippen molar-refractivity contribution in [1.82, 2.24) is 5.32 Å². The van der Waals surface area contributed by atoms with Crippen LogP contribution >= 0.6 is 11.3 Å². The summed E-state index contributed by atoms with van der Waals surface area (Å²) in [6.07, 6.45) is 1.71. The maximum atomic E-state index is 12.2. The van der Waals surface area contributed by atoms with E-state index in [-0.39, 0.29) is 5.97 Å². The molecule has 1 saturated heterocycles. The fourth-order valence-electron chi connectivity index (χ4n) is 2.10. The monoisotopic (exact) mass is 267 g/mol. The van der Waals surface area contributed by atoms with Gasteiger partial charge in [0.2, 0.25) is 0 Å². The van der Waals surface area contributed by atoms with Gasteiger partial charge in [0, 0.05) is 17.7 Å². The van der Waals surface area contributed by atoms with Crippen LogP contribution in [0.15, 0.2) is 17.5 Å². The van der Waals surface area contributed by atoms with Crippen molar-refractivity contribution in [2.24, 2.45) is 5.41 Å². The van der Waals surface area contributed by atoms with E-state index in [1.54, 1.807) is 11.3 Å². The van der Waals surface area contributed by atoms with Crippen molar-refractivity contribution in [3.63, 3.8) is 0 Å². The lowest BCUT2D eigenvalue weighted by molar-refractivity contribution is -0.173. The smallest absolute Gasteiger partial charge is 0.312 e. The quantitative estimate of drug-likeness (QED) is 0.837. The molecule has 0 unspecified atom stereocenters. The molecule has 100 valence electrons. The number of carbonyl (C=O) groups is 1. The number of carbonyl (C=O) groups excluding carboxylic acids is 1. The maximum Gasteiger partial charge on any atom is 0.312 e. The SMILES string of the molecule is CC(C)(C)C(=O)OC1(c2cccs2)CCNCC1. The third-order valence-corrected chi connectivity index (χ3v) is 4.34. The van der Waals surface area contributed by atoms with Crippen LogP contribution in [0.3, 0.4) is 0 Å². The standard InChI is InChI=1S/C14H21NO2S/c1-13(2,3)12(16)17-14(6-8-15-9-7-14)11-5-4-10-18-11/h4-5,10,15H,6-9H2,1-3H3. The molecule has 1 aliphatic rings. The van der Waals surface area contributed by atoms with E-state index in [9.17, 15) is 4.79 Å². The molecule has 0 aliphatic carbocycles. The summed E-state index contributed by atoms with van der Waals surface area (Å²) in [5.74, 6) is -0.113. The van der Waals surface area contributed by atoms with Crippen LogP contribution in [0.1, 0.15) is 38.5 Å².